The van der Waals surface area contributed by atoms with E-state index in [1.165, 1.54) is 16.7 Å². The number of aliphatic imine (C=N–C) groups is 1. The number of nitrogens with one attached hydrogen (secondary N) is 1. The van der Waals surface area contributed by atoms with Crippen molar-refractivity contribution >= 4 is 29.9 Å². The summed E-state index contributed by atoms with van der Waals surface area (Å²) in [5.41, 5.74) is 3.76. The summed E-state index contributed by atoms with van der Waals surface area (Å²) in [5, 5.41) is 7.89. The Labute approximate surface area is 207 Å². The summed E-state index contributed by atoms with van der Waals surface area (Å²) >= 11 is 0. The topological polar surface area (TPSA) is 54.7 Å². The minimum absolute atomic E-state index is 0. The lowest BCUT2D eigenvalue weighted by Crippen LogP contribution is -2.40. The summed E-state index contributed by atoms with van der Waals surface area (Å²) in [7, 11) is 1.86. The Hall–Kier alpha value is -2.39. The smallest absolute Gasteiger partial charge is 0.193 e. The summed E-state index contributed by atoms with van der Waals surface area (Å²) in [4.78, 5) is 6.87. The van der Waals surface area contributed by atoms with E-state index >= 15 is 0 Å². The molecule has 0 radical (unpaired) electrons. The SMILES string of the molecule is CN=C(NCc1ccccc1Cn1cccn1)N1CCC(COCc2ccccc2)C1.I. The van der Waals surface area contributed by atoms with Crippen molar-refractivity contribution in [2.75, 3.05) is 26.7 Å². The fourth-order valence-corrected chi connectivity index (χ4v) is 4.04. The lowest BCUT2D eigenvalue weighted by molar-refractivity contribution is 0.0906. The van der Waals surface area contributed by atoms with Crippen LogP contribution in [-0.4, -0.2) is 47.4 Å². The molecule has 1 saturated heterocycles. The van der Waals surface area contributed by atoms with Crippen LogP contribution in [0.1, 0.15) is 23.1 Å². The first-order valence-corrected chi connectivity index (χ1v) is 10.9. The fourth-order valence-electron chi connectivity index (χ4n) is 4.04. The zero-order valence-corrected chi connectivity index (χ0v) is 20.9. The molecule has 0 bridgehead atoms. The van der Waals surface area contributed by atoms with Gasteiger partial charge in [-0.2, -0.15) is 5.10 Å². The number of nitrogens with zero attached hydrogens (tertiary/aromatic N) is 4. The van der Waals surface area contributed by atoms with Gasteiger partial charge in [-0.3, -0.25) is 9.67 Å². The second-order valence-electron chi connectivity index (χ2n) is 7.97. The summed E-state index contributed by atoms with van der Waals surface area (Å²) < 4.78 is 7.92. The number of benzene rings is 2. The Kier molecular flexibility index (Phi) is 9.55. The Morgan fingerprint density at radius 3 is 2.62 bits per heavy atom. The van der Waals surface area contributed by atoms with Gasteiger partial charge in [0.25, 0.3) is 0 Å². The van der Waals surface area contributed by atoms with Gasteiger partial charge in [0.05, 0.1) is 19.8 Å². The van der Waals surface area contributed by atoms with E-state index in [1.54, 1.807) is 0 Å². The molecule has 170 valence electrons. The molecule has 0 saturated carbocycles. The highest BCUT2D eigenvalue weighted by Gasteiger charge is 2.25. The highest BCUT2D eigenvalue weighted by molar-refractivity contribution is 14.0. The van der Waals surface area contributed by atoms with E-state index in [9.17, 15) is 0 Å². The van der Waals surface area contributed by atoms with Gasteiger partial charge < -0.3 is 15.0 Å². The minimum Gasteiger partial charge on any atom is -0.376 e. The van der Waals surface area contributed by atoms with Crippen molar-refractivity contribution in [1.29, 1.82) is 0 Å². The molecule has 1 aromatic heterocycles. The quantitative estimate of drug-likeness (QED) is 0.263. The molecule has 7 heteroatoms. The third-order valence-electron chi connectivity index (χ3n) is 5.71. The normalized spacial score (nSPS) is 16.1. The predicted octanol–water partition coefficient (Wildman–Crippen LogP) is 4.16. The van der Waals surface area contributed by atoms with Crippen molar-refractivity contribution in [3.05, 3.63) is 89.7 Å². The van der Waals surface area contributed by atoms with Gasteiger partial charge in [0.2, 0.25) is 0 Å². The van der Waals surface area contributed by atoms with Crippen LogP contribution in [0.2, 0.25) is 0 Å². The molecule has 0 amide bonds. The third-order valence-corrected chi connectivity index (χ3v) is 5.71. The van der Waals surface area contributed by atoms with Crippen LogP contribution in [0.3, 0.4) is 0 Å². The van der Waals surface area contributed by atoms with E-state index in [-0.39, 0.29) is 24.0 Å². The van der Waals surface area contributed by atoms with E-state index in [1.807, 2.05) is 36.3 Å². The van der Waals surface area contributed by atoms with Crippen molar-refractivity contribution in [1.82, 2.24) is 20.0 Å². The predicted molar refractivity (Wildman–Crippen MR) is 139 cm³/mol. The lowest BCUT2D eigenvalue weighted by atomic mass is 10.1. The molecular formula is C25H32IN5O. The number of likely N-dealkylation sites (tertiary alicyclic amines) is 1. The number of rotatable bonds is 8. The molecule has 2 aromatic carbocycles. The Morgan fingerprint density at radius 2 is 1.88 bits per heavy atom. The van der Waals surface area contributed by atoms with Crippen LogP contribution in [0.15, 0.2) is 78.0 Å². The van der Waals surface area contributed by atoms with Crippen LogP contribution in [0.25, 0.3) is 0 Å². The Morgan fingerprint density at radius 1 is 1.09 bits per heavy atom. The van der Waals surface area contributed by atoms with Gasteiger partial charge in [0.1, 0.15) is 0 Å². The van der Waals surface area contributed by atoms with Gasteiger partial charge in [-0.15, -0.1) is 24.0 Å². The average Bonchev–Trinajstić information content (AvgIpc) is 3.49. The molecule has 1 aliphatic heterocycles. The molecule has 6 nitrogen and oxygen atoms in total. The van der Waals surface area contributed by atoms with E-state index < -0.39 is 0 Å². The maximum Gasteiger partial charge on any atom is 0.193 e. The van der Waals surface area contributed by atoms with Gasteiger partial charge in [0.15, 0.2) is 5.96 Å². The first-order chi connectivity index (χ1) is 15.3. The highest BCUT2D eigenvalue weighted by Crippen LogP contribution is 2.18. The monoisotopic (exact) mass is 545 g/mol. The summed E-state index contributed by atoms with van der Waals surface area (Å²) in [6.07, 6.45) is 4.94. The van der Waals surface area contributed by atoms with Gasteiger partial charge in [0, 0.05) is 45.0 Å². The van der Waals surface area contributed by atoms with Crippen molar-refractivity contribution < 1.29 is 4.74 Å². The molecule has 1 unspecified atom stereocenters. The third kappa shape index (κ3) is 6.80. The molecule has 2 heterocycles. The molecule has 32 heavy (non-hydrogen) atoms. The zero-order chi connectivity index (χ0) is 21.3. The van der Waals surface area contributed by atoms with Gasteiger partial charge in [-0.1, -0.05) is 54.6 Å². The molecular weight excluding hydrogens is 513 g/mol. The molecule has 0 spiro atoms. The Bertz CT molecular complexity index is 961. The number of hydrogen-bond donors (Lipinski definition) is 1. The largest absolute Gasteiger partial charge is 0.376 e. The van der Waals surface area contributed by atoms with Crippen LogP contribution >= 0.6 is 24.0 Å². The average molecular weight is 545 g/mol. The second-order valence-corrected chi connectivity index (χ2v) is 7.97. The molecule has 4 rings (SSSR count). The van der Waals surface area contributed by atoms with Crippen molar-refractivity contribution in [2.45, 2.75) is 26.1 Å². The van der Waals surface area contributed by atoms with Gasteiger partial charge >= 0.3 is 0 Å². The first-order valence-electron chi connectivity index (χ1n) is 10.9. The first kappa shape index (κ1) is 24.3. The fraction of sp³-hybridized carbons (Fsp3) is 0.360. The van der Waals surface area contributed by atoms with Crippen LogP contribution in [-0.2, 0) is 24.4 Å². The van der Waals surface area contributed by atoms with E-state index in [0.717, 1.165) is 45.2 Å². The lowest BCUT2D eigenvalue weighted by Gasteiger charge is -2.22. The van der Waals surface area contributed by atoms with Crippen molar-refractivity contribution in [3.63, 3.8) is 0 Å². The summed E-state index contributed by atoms with van der Waals surface area (Å²) in [6.45, 7) is 4.97. The Balaban J connectivity index is 0.00000289. The van der Waals surface area contributed by atoms with Crippen LogP contribution in [0, 0.1) is 5.92 Å². The van der Waals surface area contributed by atoms with Crippen molar-refractivity contribution in [2.24, 2.45) is 10.9 Å². The zero-order valence-electron chi connectivity index (χ0n) is 18.6. The highest BCUT2D eigenvalue weighted by atomic mass is 127. The number of ether oxygens (including phenoxy) is 1. The van der Waals surface area contributed by atoms with Crippen LogP contribution in [0.5, 0.6) is 0 Å². The second kappa shape index (κ2) is 12.6. The maximum atomic E-state index is 5.97. The van der Waals surface area contributed by atoms with Crippen LogP contribution in [0.4, 0.5) is 0 Å². The molecule has 1 N–H and O–H groups in total. The molecule has 0 aliphatic carbocycles. The number of aromatic nitrogens is 2. The summed E-state index contributed by atoms with van der Waals surface area (Å²) in [5.74, 6) is 1.49. The summed E-state index contributed by atoms with van der Waals surface area (Å²) in [6, 6.07) is 20.8. The number of hydrogen-bond acceptors (Lipinski definition) is 3. The van der Waals surface area contributed by atoms with Gasteiger partial charge in [-0.05, 0) is 29.2 Å². The number of guanidine groups is 1. The number of halogens is 1. The van der Waals surface area contributed by atoms with Gasteiger partial charge in [-0.25, -0.2) is 0 Å². The van der Waals surface area contributed by atoms with E-state index in [4.69, 9.17) is 4.74 Å². The molecule has 1 atom stereocenters. The van der Waals surface area contributed by atoms with Crippen LogP contribution < -0.4 is 5.32 Å². The minimum atomic E-state index is 0. The molecule has 1 aliphatic rings. The maximum absolute atomic E-state index is 5.97. The molecule has 1 fully saturated rings. The standard InChI is InChI=1S/C25H31N5O.HI/c1-26-25(27-16-23-10-5-6-11-24(23)18-30-14-7-13-28-30)29-15-12-22(17-29)20-31-19-21-8-3-2-4-9-21;/h2-11,13-14,22H,12,15-20H2,1H3,(H,26,27);1H. The van der Waals surface area contributed by atoms with E-state index in [0.29, 0.717) is 12.5 Å². The van der Waals surface area contributed by atoms with Crippen molar-refractivity contribution in [3.8, 4) is 0 Å². The van der Waals surface area contributed by atoms with E-state index in [2.05, 4.69) is 68.8 Å². The molecule has 3 aromatic rings.